The van der Waals surface area contributed by atoms with Crippen LogP contribution in [0.4, 0.5) is 0 Å². The molecule has 150 valence electrons. The van der Waals surface area contributed by atoms with Crippen molar-refractivity contribution < 1.29 is 4.79 Å². The van der Waals surface area contributed by atoms with Crippen molar-refractivity contribution in [1.29, 1.82) is 0 Å². The lowest BCUT2D eigenvalue weighted by molar-refractivity contribution is -0.130. The molecule has 0 bridgehead atoms. The smallest absolute Gasteiger partial charge is 0.239 e. The van der Waals surface area contributed by atoms with Crippen LogP contribution in [0.15, 0.2) is 51.2 Å². The quantitative estimate of drug-likeness (QED) is 0.624. The summed E-state index contributed by atoms with van der Waals surface area (Å²) in [6.45, 7) is 5.97. The van der Waals surface area contributed by atoms with Crippen molar-refractivity contribution in [2.24, 2.45) is 10.7 Å². The molecule has 0 saturated heterocycles. The molecule has 1 amide bonds. The van der Waals surface area contributed by atoms with Crippen LogP contribution < -0.4 is 5.73 Å². The summed E-state index contributed by atoms with van der Waals surface area (Å²) in [7, 11) is 1.67. The Kier molecular flexibility index (Phi) is 4.86. The minimum Gasteiger partial charge on any atom is -0.369 e. The summed E-state index contributed by atoms with van der Waals surface area (Å²) in [5.74, 6) is -0.305. The lowest BCUT2D eigenvalue weighted by atomic mass is 9.77. The molecule has 2 N–H and O–H groups in total. The first-order valence-electron chi connectivity index (χ1n) is 9.21. The van der Waals surface area contributed by atoms with E-state index in [0.717, 1.165) is 32.0 Å². The second kappa shape index (κ2) is 7.11. The van der Waals surface area contributed by atoms with Crippen LogP contribution in [0.5, 0.6) is 0 Å². The fourth-order valence-electron chi connectivity index (χ4n) is 3.87. The average Bonchev–Trinajstić information content (AvgIpc) is 3.26. The highest BCUT2D eigenvalue weighted by Gasteiger charge is 2.47. The zero-order valence-corrected chi connectivity index (χ0v) is 19.1. The molecule has 0 saturated carbocycles. The number of nitrogens with two attached hydrogens (primary N) is 1. The molecule has 0 fully saturated rings. The van der Waals surface area contributed by atoms with Gasteiger partial charge in [0.05, 0.1) is 17.3 Å². The van der Waals surface area contributed by atoms with Crippen LogP contribution in [-0.4, -0.2) is 33.6 Å². The van der Waals surface area contributed by atoms with E-state index in [1.807, 2.05) is 67.2 Å². The number of aromatic nitrogens is 2. The third kappa shape index (κ3) is 3.30. The number of likely N-dealkylation sites (N-methyl/N-ethyl adjacent to an activating group) is 1. The molecule has 29 heavy (non-hydrogen) atoms. The Labute approximate surface area is 182 Å². The molecule has 2 aromatic heterocycles. The van der Waals surface area contributed by atoms with Gasteiger partial charge in [0, 0.05) is 27.5 Å². The summed E-state index contributed by atoms with van der Waals surface area (Å²) >= 11 is 5.08. The maximum Gasteiger partial charge on any atom is 0.239 e. The molecule has 4 rings (SSSR count). The molecular formula is C21H22BrN5OS. The molecule has 1 aliphatic heterocycles. The number of halogens is 1. The van der Waals surface area contributed by atoms with Gasteiger partial charge in [-0.15, -0.1) is 11.3 Å². The van der Waals surface area contributed by atoms with Gasteiger partial charge in [-0.3, -0.25) is 9.69 Å². The summed E-state index contributed by atoms with van der Waals surface area (Å²) < 4.78 is 2.87. The van der Waals surface area contributed by atoms with E-state index in [4.69, 9.17) is 10.7 Å². The van der Waals surface area contributed by atoms with Gasteiger partial charge >= 0.3 is 0 Å². The average molecular weight is 472 g/mol. The first kappa shape index (κ1) is 19.8. The fraction of sp³-hybridized carbons (Fsp3) is 0.286. The molecule has 8 heteroatoms. The minimum atomic E-state index is -0.774. The van der Waals surface area contributed by atoms with Crippen molar-refractivity contribution in [3.63, 3.8) is 0 Å². The molecule has 0 aliphatic carbocycles. The Morgan fingerprint density at radius 2 is 1.90 bits per heavy atom. The van der Waals surface area contributed by atoms with E-state index in [9.17, 15) is 4.79 Å². The molecule has 6 nitrogen and oxygen atoms in total. The zero-order chi connectivity index (χ0) is 20.9. The van der Waals surface area contributed by atoms with Crippen molar-refractivity contribution in [2.75, 3.05) is 7.05 Å². The van der Waals surface area contributed by atoms with Crippen molar-refractivity contribution in [3.8, 4) is 5.69 Å². The Morgan fingerprint density at radius 1 is 1.21 bits per heavy atom. The largest absolute Gasteiger partial charge is 0.369 e. The molecule has 3 heterocycles. The van der Waals surface area contributed by atoms with E-state index in [0.29, 0.717) is 0 Å². The molecule has 1 unspecified atom stereocenters. The van der Waals surface area contributed by atoms with Crippen molar-refractivity contribution >= 4 is 39.1 Å². The maximum atomic E-state index is 13.3. The Hall–Kier alpha value is -2.45. The highest BCUT2D eigenvalue weighted by Crippen LogP contribution is 2.46. The van der Waals surface area contributed by atoms with Crippen molar-refractivity contribution in [1.82, 2.24) is 14.7 Å². The number of guanidine groups is 1. The van der Waals surface area contributed by atoms with Gasteiger partial charge in [-0.05, 0) is 66.5 Å². The Balaban J connectivity index is 1.80. The van der Waals surface area contributed by atoms with Crippen LogP contribution in [-0.2, 0) is 10.3 Å². The molecule has 0 spiro atoms. The molecule has 3 aromatic rings. The Morgan fingerprint density at radius 3 is 2.45 bits per heavy atom. The summed E-state index contributed by atoms with van der Waals surface area (Å²) in [5.41, 5.74) is 9.20. The molecule has 2 atom stereocenters. The van der Waals surface area contributed by atoms with Crippen LogP contribution in [0.25, 0.3) is 5.69 Å². The van der Waals surface area contributed by atoms with Gasteiger partial charge < -0.3 is 5.73 Å². The van der Waals surface area contributed by atoms with Crippen molar-refractivity contribution in [2.45, 2.75) is 32.2 Å². The highest BCUT2D eigenvalue weighted by atomic mass is 79.9. The van der Waals surface area contributed by atoms with Crippen LogP contribution in [0.1, 0.15) is 34.7 Å². The molecule has 1 aromatic carbocycles. The predicted molar refractivity (Wildman–Crippen MR) is 120 cm³/mol. The standard InChI is InChI=1S/C21H22BrN5OS/c1-12-9-13(2)27(25-12)16-7-5-14(6-8-16)18-19(28)26(4)20(23)24-21(18,3)17-10-15(22)11-29-17/h5-11,18H,1-4H3,(H2,23,24)/t18?,21-/m1/s1. The number of thiophene rings is 1. The van der Waals surface area contributed by atoms with Crippen molar-refractivity contribution in [3.05, 3.63) is 68.1 Å². The van der Waals surface area contributed by atoms with Crippen LogP contribution >= 0.6 is 27.3 Å². The second-order valence-electron chi connectivity index (χ2n) is 7.51. The zero-order valence-electron chi connectivity index (χ0n) is 16.7. The van der Waals surface area contributed by atoms with Gasteiger partial charge in [-0.2, -0.15) is 5.10 Å². The normalized spacial score (nSPS) is 22.1. The lowest BCUT2D eigenvalue weighted by Gasteiger charge is -2.40. The maximum absolute atomic E-state index is 13.3. The first-order valence-corrected chi connectivity index (χ1v) is 10.9. The SMILES string of the molecule is Cc1cc(C)n(-c2ccc(C3C(=O)N(C)C(N)=N[C@]3(C)c3cc(Br)cs3)cc2)n1. The minimum absolute atomic E-state index is 0.0663. The predicted octanol–water partition coefficient (Wildman–Crippen LogP) is 4.10. The van der Waals surface area contributed by atoms with Gasteiger partial charge in [-0.1, -0.05) is 12.1 Å². The van der Waals surface area contributed by atoms with E-state index in [-0.39, 0.29) is 11.9 Å². The van der Waals surface area contributed by atoms with E-state index in [1.165, 1.54) is 4.90 Å². The van der Waals surface area contributed by atoms with Gasteiger partial charge in [0.2, 0.25) is 5.91 Å². The fourth-order valence-corrected chi connectivity index (χ4v) is 5.43. The number of amides is 1. The van der Waals surface area contributed by atoms with Gasteiger partial charge in [-0.25, -0.2) is 9.67 Å². The third-order valence-electron chi connectivity index (χ3n) is 5.38. The first-order chi connectivity index (χ1) is 13.7. The number of carbonyl (C=O) groups excluding carboxylic acids is 1. The monoisotopic (exact) mass is 471 g/mol. The van der Waals surface area contributed by atoms with Crippen LogP contribution in [0, 0.1) is 13.8 Å². The third-order valence-corrected chi connectivity index (χ3v) is 7.29. The summed E-state index contributed by atoms with van der Waals surface area (Å²) in [6.07, 6.45) is 0. The molecular weight excluding hydrogens is 450 g/mol. The number of hydrogen-bond acceptors (Lipinski definition) is 5. The number of aryl methyl sites for hydroxylation is 2. The highest BCUT2D eigenvalue weighted by molar-refractivity contribution is 9.10. The lowest BCUT2D eigenvalue weighted by Crippen LogP contribution is -2.52. The number of aliphatic imine (C=N–C) groups is 1. The van der Waals surface area contributed by atoms with Gasteiger partial charge in [0.15, 0.2) is 5.96 Å². The number of benzene rings is 1. The number of nitrogens with zero attached hydrogens (tertiary/aromatic N) is 4. The number of carbonyl (C=O) groups is 1. The van der Waals surface area contributed by atoms with Crippen LogP contribution in [0.2, 0.25) is 0 Å². The summed E-state index contributed by atoms with van der Waals surface area (Å²) in [4.78, 5) is 20.5. The van der Waals surface area contributed by atoms with E-state index in [2.05, 4.69) is 21.0 Å². The van der Waals surface area contributed by atoms with Gasteiger partial charge in [0.1, 0.15) is 5.54 Å². The van der Waals surface area contributed by atoms with E-state index < -0.39 is 11.5 Å². The molecule has 1 aliphatic rings. The second-order valence-corrected chi connectivity index (χ2v) is 9.33. The van der Waals surface area contributed by atoms with E-state index in [1.54, 1.807) is 18.4 Å². The number of rotatable bonds is 3. The molecule has 0 radical (unpaired) electrons. The summed E-state index contributed by atoms with van der Waals surface area (Å²) in [5, 5.41) is 6.54. The van der Waals surface area contributed by atoms with Crippen LogP contribution in [0.3, 0.4) is 0 Å². The van der Waals surface area contributed by atoms with E-state index >= 15 is 0 Å². The number of hydrogen-bond donors (Lipinski definition) is 1. The Bertz CT molecular complexity index is 1120. The topological polar surface area (TPSA) is 76.5 Å². The summed E-state index contributed by atoms with van der Waals surface area (Å²) in [6, 6.07) is 12.0. The van der Waals surface area contributed by atoms with Gasteiger partial charge in [0.25, 0.3) is 0 Å².